The summed E-state index contributed by atoms with van der Waals surface area (Å²) >= 11 is 0. The largest absolute Gasteiger partial charge is 0.450 e. The van der Waals surface area contributed by atoms with Crippen molar-refractivity contribution >= 4 is 5.82 Å². The van der Waals surface area contributed by atoms with Gasteiger partial charge in [0.2, 0.25) is 11.8 Å². The molecule has 4 heterocycles. The van der Waals surface area contributed by atoms with E-state index in [1.165, 1.54) is 6.20 Å². The molecule has 0 amide bonds. The van der Waals surface area contributed by atoms with Gasteiger partial charge in [-0.3, -0.25) is 9.13 Å². The fraction of sp³-hybridized carbons (Fsp3) is 0.526. The molecule has 30 heavy (non-hydrogen) atoms. The second-order valence-electron chi connectivity index (χ2n) is 7.71. The lowest BCUT2D eigenvalue weighted by Gasteiger charge is -2.41. The molecule has 1 aliphatic carbocycles. The van der Waals surface area contributed by atoms with E-state index >= 15 is 0 Å². The van der Waals surface area contributed by atoms with Crippen molar-refractivity contribution < 1.29 is 13.2 Å². The topological polar surface area (TPSA) is 77.5 Å². The molecule has 1 fully saturated rings. The van der Waals surface area contributed by atoms with Gasteiger partial charge in [-0.1, -0.05) is 19.8 Å². The Hall–Kier alpha value is -2.98. The minimum atomic E-state index is -4.60. The lowest BCUT2D eigenvalue weighted by atomic mass is 10.0. The monoisotopic (exact) mass is 418 g/mol. The lowest BCUT2D eigenvalue weighted by molar-refractivity contribution is -0.146. The number of imidazole rings is 1. The summed E-state index contributed by atoms with van der Waals surface area (Å²) in [6, 6.07) is 0.210. The van der Waals surface area contributed by atoms with Crippen molar-refractivity contribution in [1.29, 1.82) is 0 Å². The molecule has 1 aliphatic heterocycles. The number of anilines is 1. The van der Waals surface area contributed by atoms with Crippen LogP contribution in [0.2, 0.25) is 0 Å². The lowest BCUT2D eigenvalue weighted by Crippen LogP contribution is -2.42. The van der Waals surface area contributed by atoms with Crippen LogP contribution in [0.5, 0.6) is 0 Å². The third-order valence-corrected chi connectivity index (χ3v) is 5.92. The van der Waals surface area contributed by atoms with Crippen LogP contribution in [0, 0.1) is 6.92 Å². The van der Waals surface area contributed by atoms with Crippen LogP contribution in [0.4, 0.5) is 19.0 Å². The van der Waals surface area contributed by atoms with E-state index in [4.69, 9.17) is 0 Å². The fourth-order valence-corrected chi connectivity index (χ4v) is 4.65. The van der Waals surface area contributed by atoms with E-state index in [1.54, 1.807) is 6.20 Å². The molecule has 3 aromatic rings. The summed E-state index contributed by atoms with van der Waals surface area (Å²) in [5.74, 6) is 1.05. The van der Waals surface area contributed by atoms with Crippen molar-refractivity contribution in [3.8, 4) is 11.6 Å². The summed E-state index contributed by atoms with van der Waals surface area (Å²) in [4.78, 5) is 14.6. The molecule has 3 aromatic heterocycles. The summed E-state index contributed by atoms with van der Waals surface area (Å²) in [7, 11) is 0. The summed E-state index contributed by atoms with van der Waals surface area (Å²) < 4.78 is 43.0. The molecule has 2 aliphatic rings. The van der Waals surface area contributed by atoms with Gasteiger partial charge in [0.15, 0.2) is 11.6 Å². The molecule has 11 heteroatoms. The minimum Gasteiger partial charge on any atom is -0.341 e. The predicted molar refractivity (Wildman–Crippen MR) is 102 cm³/mol. The van der Waals surface area contributed by atoms with E-state index in [0.717, 1.165) is 48.7 Å². The summed E-state index contributed by atoms with van der Waals surface area (Å²) in [5, 5.41) is 8.64. The maximum atomic E-state index is 13.4. The maximum absolute atomic E-state index is 13.4. The number of hydrogen-bond acceptors (Lipinski definition) is 6. The number of fused-ring (bicyclic) bond motifs is 3. The second-order valence-corrected chi connectivity index (χ2v) is 7.71. The summed E-state index contributed by atoms with van der Waals surface area (Å²) in [5.41, 5.74) is 0.696. The van der Waals surface area contributed by atoms with Gasteiger partial charge in [-0.15, -0.1) is 10.2 Å². The zero-order valence-corrected chi connectivity index (χ0v) is 16.6. The van der Waals surface area contributed by atoms with E-state index in [1.807, 2.05) is 11.5 Å². The molecule has 5 rings (SSSR count). The molecule has 0 saturated heterocycles. The first-order valence-corrected chi connectivity index (χ1v) is 10.1. The number of aromatic nitrogens is 7. The van der Waals surface area contributed by atoms with E-state index < -0.39 is 12.0 Å². The van der Waals surface area contributed by atoms with Crippen LogP contribution in [0.1, 0.15) is 62.5 Å². The molecule has 0 unspecified atom stereocenters. The Morgan fingerprint density at radius 3 is 2.60 bits per heavy atom. The first-order valence-electron chi connectivity index (χ1n) is 10.1. The molecule has 0 aromatic carbocycles. The molecule has 1 saturated carbocycles. The minimum absolute atomic E-state index is 0.0468. The summed E-state index contributed by atoms with van der Waals surface area (Å²) in [6.45, 7) is 3.93. The highest BCUT2D eigenvalue weighted by Gasteiger charge is 2.41. The number of aryl methyl sites for hydroxylation is 1. The summed E-state index contributed by atoms with van der Waals surface area (Å²) in [6.07, 6.45) is 4.36. The van der Waals surface area contributed by atoms with Crippen molar-refractivity contribution in [3.63, 3.8) is 0 Å². The van der Waals surface area contributed by atoms with Gasteiger partial charge in [0, 0.05) is 18.4 Å². The van der Waals surface area contributed by atoms with Crippen molar-refractivity contribution in [3.05, 3.63) is 36.1 Å². The van der Waals surface area contributed by atoms with E-state index in [2.05, 4.69) is 37.0 Å². The maximum Gasteiger partial charge on any atom is 0.450 e. The highest BCUT2D eigenvalue weighted by molar-refractivity contribution is 5.63. The van der Waals surface area contributed by atoms with Gasteiger partial charge >= 0.3 is 6.18 Å². The van der Waals surface area contributed by atoms with Crippen LogP contribution >= 0.6 is 0 Å². The van der Waals surface area contributed by atoms with Gasteiger partial charge in [-0.2, -0.15) is 18.2 Å². The number of hydrogen-bond donors (Lipinski definition) is 0. The Morgan fingerprint density at radius 2 is 1.90 bits per heavy atom. The van der Waals surface area contributed by atoms with E-state index in [0.29, 0.717) is 17.3 Å². The van der Waals surface area contributed by atoms with Crippen LogP contribution < -0.4 is 4.90 Å². The van der Waals surface area contributed by atoms with Crippen LogP contribution in [-0.4, -0.2) is 40.3 Å². The van der Waals surface area contributed by atoms with Crippen molar-refractivity contribution in [2.45, 2.75) is 64.2 Å². The smallest absolute Gasteiger partial charge is 0.341 e. The Labute approximate surface area is 170 Å². The van der Waals surface area contributed by atoms with E-state index in [9.17, 15) is 13.2 Å². The Balaban J connectivity index is 1.71. The van der Waals surface area contributed by atoms with Crippen molar-refractivity contribution in [2.24, 2.45) is 0 Å². The number of halogens is 3. The Morgan fingerprint density at radius 1 is 1.13 bits per heavy atom. The number of nitrogens with zero attached hydrogens (tertiary/aromatic N) is 8. The molecule has 0 bridgehead atoms. The standard InChI is InChI=1S/C19H21F3N8/c1-3-13-16-27-26-11(2)29(16)14-10-24-18(28-9-8-23-17(28)19(20,21)22)25-15(14)30(13)12-6-4-5-7-12/h8-10,12-13H,3-7H2,1-2H3/t13-/m1/s1. The van der Waals surface area contributed by atoms with Gasteiger partial charge in [-0.05, 0) is 26.2 Å². The zero-order valence-electron chi connectivity index (χ0n) is 16.6. The van der Waals surface area contributed by atoms with Gasteiger partial charge < -0.3 is 4.90 Å². The van der Waals surface area contributed by atoms with Crippen LogP contribution in [0.15, 0.2) is 18.6 Å². The quantitative estimate of drug-likeness (QED) is 0.644. The van der Waals surface area contributed by atoms with Crippen LogP contribution in [-0.2, 0) is 6.18 Å². The third kappa shape index (κ3) is 2.78. The first-order chi connectivity index (χ1) is 14.4. The molecule has 0 spiro atoms. The van der Waals surface area contributed by atoms with Crippen molar-refractivity contribution in [2.75, 3.05) is 4.90 Å². The highest BCUT2D eigenvalue weighted by Crippen LogP contribution is 2.43. The second kappa shape index (κ2) is 6.78. The zero-order chi connectivity index (χ0) is 21.0. The number of alkyl halides is 3. The van der Waals surface area contributed by atoms with Gasteiger partial charge in [0.25, 0.3) is 0 Å². The molecular formula is C19H21F3N8. The highest BCUT2D eigenvalue weighted by atomic mass is 19.4. The first kappa shape index (κ1) is 19.0. The predicted octanol–water partition coefficient (Wildman–Crippen LogP) is 3.78. The molecular weight excluding hydrogens is 397 g/mol. The molecule has 0 N–H and O–H groups in total. The average Bonchev–Trinajstić information content (AvgIpc) is 3.46. The third-order valence-electron chi connectivity index (χ3n) is 5.92. The fourth-order valence-electron chi connectivity index (χ4n) is 4.65. The van der Waals surface area contributed by atoms with E-state index in [-0.39, 0.29) is 18.0 Å². The van der Waals surface area contributed by atoms with Crippen LogP contribution in [0.25, 0.3) is 11.6 Å². The molecule has 158 valence electrons. The van der Waals surface area contributed by atoms with Crippen molar-refractivity contribution in [1.82, 2.24) is 34.3 Å². The van der Waals surface area contributed by atoms with Crippen LogP contribution in [0.3, 0.4) is 0 Å². The van der Waals surface area contributed by atoms with Gasteiger partial charge in [0.05, 0.1) is 12.2 Å². The van der Waals surface area contributed by atoms with Gasteiger partial charge in [0.1, 0.15) is 11.5 Å². The average molecular weight is 418 g/mol. The van der Waals surface area contributed by atoms with Gasteiger partial charge in [-0.25, -0.2) is 9.97 Å². The number of rotatable bonds is 3. The molecule has 1 atom stereocenters. The Kier molecular flexibility index (Phi) is 4.30. The Bertz CT molecular complexity index is 1080. The SMILES string of the molecule is CC[C@@H]1c2nnc(C)n2-c2cnc(-n3ccnc3C(F)(F)F)nc2N1C1CCCC1. The normalized spacial score (nSPS) is 19.2. The molecule has 0 radical (unpaired) electrons. The molecule has 8 nitrogen and oxygen atoms in total.